The zero-order chi connectivity index (χ0) is 15.1. The number of rotatable bonds is 10. The zero-order valence-electron chi connectivity index (χ0n) is 13.1. The molecule has 1 aliphatic carbocycles. The van der Waals surface area contributed by atoms with E-state index in [1.54, 1.807) is 7.11 Å². The van der Waals surface area contributed by atoms with Gasteiger partial charge in [0.2, 0.25) is 0 Å². The van der Waals surface area contributed by atoms with Crippen molar-refractivity contribution in [3.8, 4) is 5.75 Å². The van der Waals surface area contributed by atoms with Crippen LogP contribution >= 0.6 is 11.8 Å². The number of hydrogen-bond acceptors (Lipinski definition) is 4. The fraction of sp³-hybridized carbons (Fsp3) is 0.647. The van der Waals surface area contributed by atoms with E-state index >= 15 is 0 Å². The zero-order valence-corrected chi connectivity index (χ0v) is 13.9. The van der Waals surface area contributed by atoms with Gasteiger partial charge in [-0.3, -0.25) is 0 Å². The molecule has 0 saturated heterocycles. The van der Waals surface area contributed by atoms with Gasteiger partial charge in [-0.05, 0) is 62.1 Å². The Hall–Kier alpha value is -0.710. The Kier molecular flexibility index (Phi) is 6.40. The topological polar surface area (TPSA) is 41.5 Å². The van der Waals surface area contributed by atoms with E-state index in [1.165, 1.54) is 17.7 Å². The summed E-state index contributed by atoms with van der Waals surface area (Å²) in [6, 6.07) is 8.85. The molecule has 1 saturated carbocycles. The van der Waals surface area contributed by atoms with E-state index < -0.39 is 0 Å². The van der Waals surface area contributed by atoms with Crippen LogP contribution in [0.4, 0.5) is 0 Å². The number of benzene rings is 1. The molecule has 2 rings (SSSR count). The molecule has 0 bridgehead atoms. The number of aliphatic hydroxyl groups is 1. The molecule has 3 nitrogen and oxygen atoms in total. The predicted molar refractivity (Wildman–Crippen MR) is 89.2 cm³/mol. The number of hydrogen-bond donors (Lipinski definition) is 2. The lowest BCUT2D eigenvalue weighted by atomic mass is 9.91. The molecule has 1 unspecified atom stereocenters. The van der Waals surface area contributed by atoms with Gasteiger partial charge in [-0.1, -0.05) is 6.92 Å². The molecule has 1 aromatic rings. The SMILES string of the molecule is CCC(CO)(CCCSc1ccc(OC)cc1)NC1CC1. The normalized spacial score (nSPS) is 17.5. The quantitative estimate of drug-likeness (QED) is 0.513. The van der Waals surface area contributed by atoms with Crippen molar-refractivity contribution in [3.05, 3.63) is 24.3 Å². The summed E-state index contributed by atoms with van der Waals surface area (Å²) in [5.74, 6) is 1.98. The van der Waals surface area contributed by atoms with Crippen molar-refractivity contribution >= 4 is 11.8 Å². The van der Waals surface area contributed by atoms with Gasteiger partial charge in [-0.15, -0.1) is 11.8 Å². The second-order valence-electron chi connectivity index (χ2n) is 5.84. The van der Waals surface area contributed by atoms with E-state index in [1.807, 2.05) is 23.9 Å². The summed E-state index contributed by atoms with van der Waals surface area (Å²) >= 11 is 1.87. The van der Waals surface area contributed by atoms with Crippen molar-refractivity contribution in [2.24, 2.45) is 0 Å². The summed E-state index contributed by atoms with van der Waals surface area (Å²) in [5.41, 5.74) is -0.0678. The molecule has 1 atom stereocenters. The largest absolute Gasteiger partial charge is 0.497 e. The van der Waals surface area contributed by atoms with E-state index in [4.69, 9.17) is 4.74 Å². The minimum atomic E-state index is -0.0678. The molecule has 0 aliphatic heterocycles. The molecule has 4 heteroatoms. The molecular formula is C17H27NO2S. The first-order valence-corrected chi connectivity index (χ1v) is 8.85. The van der Waals surface area contributed by atoms with Gasteiger partial charge in [0.05, 0.1) is 13.7 Å². The first-order chi connectivity index (χ1) is 10.2. The molecule has 1 aliphatic rings. The van der Waals surface area contributed by atoms with Crippen molar-refractivity contribution in [2.75, 3.05) is 19.5 Å². The van der Waals surface area contributed by atoms with Crippen LogP contribution in [0.5, 0.6) is 5.75 Å². The Labute approximate surface area is 132 Å². The van der Waals surface area contributed by atoms with Crippen molar-refractivity contribution in [2.45, 2.75) is 55.5 Å². The summed E-state index contributed by atoms with van der Waals surface area (Å²) in [6.45, 7) is 2.41. The van der Waals surface area contributed by atoms with Crippen LogP contribution in [0.2, 0.25) is 0 Å². The lowest BCUT2D eigenvalue weighted by Crippen LogP contribution is -2.49. The smallest absolute Gasteiger partial charge is 0.118 e. The molecule has 0 heterocycles. The maximum atomic E-state index is 9.74. The maximum Gasteiger partial charge on any atom is 0.118 e. The summed E-state index contributed by atoms with van der Waals surface area (Å²) in [7, 11) is 1.69. The third-order valence-corrected chi connectivity index (χ3v) is 5.29. The first kappa shape index (κ1) is 16.7. The molecular weight excluding hydrogens is 282 g/mol. The summed E-state index contributed by atoms with van der Waals surface area (Å²) in [5, 5.41) is 13.4. The lowest BCUT2D eigenvalue weighted by molar-refractivity contribution is 0.144. The van der Waals surface area contributed by atoms with Crippen LogP contribution in [-0.2, 0) is 0 Å². The molecule has 1 aromatic carbocycles. The number of ether oxygens (including phenoxy) is 1. The Balaban J connectivity index is 1.73. The monoisotopic (exact) mass is 309 g/mol. The van der Waals surface area contributed by atoms with E-state index in [-0.39, 0.29) is 12.1 Å². The average Bonchev–Trinajstić information content (AvgIpc) is 3.35. The summed E-state index contributed by atoms with van der Waals surface area (Å²) in [4.78, 5) is 1.28. The third-order valence-electron chi connectivity index (χ3n) is 4.19. The Bertz CT molecular complexity index is 413. The second kappa shape index (κ2) is 8.06. The van der Waals surface area contributed by atoms with Gasteiger partial charge in [-0.25, -0.2) is 0 Å². The number of aliphatic hydroxyl groups excluding tert-OH is 1. The molecule has 118 valence electrons. The fourth-order valence-electron chi connectivity index (χ4n) is 2.52. The van der Waals surface area contributed by atoms with Crippen LogP contribution < -0.4 is 10.1 Å². The molecule has 1 fully saturated rings. The van der Waals surface area contributed by atoms with E-state index in [2.05, 4.69) is 24.4 Å². The highest BCUT2D eigenvalue weighted by Crippen LogP contribution is 2.28. The van der Waals surface area contributed by atoms with E-state index in [9.17, 15) is 5.11 Å². The predicted octanol–water partition coefficient (Wildman–Crippen LogP) is 3.46. The van der Waals surface area contributed by atoms with Crippen molar-refractivity contribution in [1.82, 2.24) is 5.32 Å². The third kappa shape index (κ3) is 5.20. The highest BCUT2D eigenvalue weighted by Gasteiger charge is 2.33. The highest BCUT2D eigenvalue weighted by molar-refractivity contribution is 7.99. The standard InChI is InChI=1S/C17H27NO2S/c1-3-17(13-19,18-14-5-6-14)11-4-12-21-16-9-7-15(20-2)8-10-16/h7-10,14,18-19H,3-6,11-13H2,1-2H3. The number of nitrogens with one attached hydrogen (secondary N) is 1. The highest BCUT2D eigenvalue weighted by atomic mass is 32.2. The van der Waals surface area contributed by atoms with Gasteiger partial charge in [0.1, 0.15) is 5.75 Å². The first-order valence-electron chi connectivity index (χ1n) is 7.87. The van der Waals surface area contributed by atoms with Gasteiger partial charge < -0.3 is 15.2 Å². The minimum absolute atomic E-state index is 0.0678. The maximum absolute atomic E-state index is 9.74. The fourth-order valence-corrected chi connectivity index (χ4v) is 3.37. The van der Waals surface area contributed by atoms with Gasteiger partial charge in [0, 0.05) is 16.5 Å². The van der Waals surface area contributed by atoms with Crippen molar-refractivity contribution in [3.63, 3.8) is 0 Å². The van der Waals surface area contributed by atoms with Crippen molar-refractivity contribution < 1.29 is 9.84 Å². The van der Waals surface area contributed by atoms with Gasteiger partial charge in [-0.2, -0.15) is 0 Å². The minimum Gasteiger partial charge on any atom is -0.497 e. The lowest BCUT2D eigenvalue weighted by Gasteiger charge is -2.32. The molecule has 2 N–H and O–H groups in total. The molecule has 0 radical (unpaired) electrons. The van der Waals surface area contributed by atoms with Crippen LogP contribution in [0.15, 0.2) is 29.2 Å². The Morgan fingerprint density at radius 1 is 1.33 bits per heavy atom. The second-order valence-corrected chi connectivity index (χ2v) is 7.01. The van der Waals surface area contributed by atoms with Crippen LogP contribution in [0.1, 0.15) is 39.0 Å². The van der Waals surface area contributed by atoms with Crippen molar-refractivity contribution in [1.29, 1.82) is 0 Å². The molecule has 0 amide bonds. The van der Waals surface area contributed by atoms with Crippen LogP contribution in [0, 0.1) is 0 Å². The average molecular weight is 309 g/mol. The summed E-state index contributed by atoms with van der Waals surface area (Å²) in [6.07, 6.45) is 5.68. The van der Waals surface area contributed by atoms with E-state index in [0.29, 0.717) is 6.04 Å². The van der Waals surface area contributed by atoms with Crippen LogP contribution in [0.25, 0.3) is 0 Å². The van der Waals surface area contributed by atoms with Gasteiger partial charge in [0.25, 0.3) is 0 Å². The Morgan fingerprint density at radius 3 is 2.57 bits per heavy atom. The van der Waals surface area contributed by atoms with Crippen LogP contribution in [0.3, 0.4) is 0 Å². The molecule has 21 heavy (non-hydrogen) atoms. The number of thioether (sulfide) groups is 1. The molecule has 0 aromatic heterocycles. The van der Waals surface area contributed by atoms with E-state index in [0.717, 1.165) is 30.8 Å². The molecule has 0 spiro atoms. The van der Waals surface area contributed by atoms with Crippen LogP contribution in [-0.4, -0.2) is 36.2 Å². The van der Waals surface area contributed by atoms with Gasteiger partial charge >= 0.3 is 0 Å². The number of methoxy groups -OCH3 is 1. The van der Waals surface area contributed by atoms with Gasteiger partial charge in [0.15, 0.2) is 0 Å². The summed E-state index contributed by atoms with van der Waals surface area (Å²) < 4.78 is 5.17. The Morgan fingerprint density at radius 2 is 2.05 bits per heavy atom.